The highest BCUT2D eigenvalue weighted by Crippen LogP contribution is 2.22. The van der Waals surface area contributed by atoms with Crippen LogP contribution >= 0.6 is 0 Å². The summed E-state index contributed by atoms with van der Waals surface area (Å²) in [7, 11) is 0. The van der Waals surface area contributed by atoms with E-state index in [9.17, 15) is 9.18 Å². The molecule has 0 bridgehead atoms. The Balaban J connectivity index is 1.86. The van der Waals surface area contributed by atoms with E-state index < -0.39 is 5.97 Å². The molecule has 0 saturated carbocycles. The third kappa shape index (κ3) is 4.29. The van der Waals surface area contributed by atoms with E-state index in [1.165, 1.54) is 12.1 Å². The van der Waals surface area contributed by atoms with Crippen molar-refractivity contribution in [2.45, 2.75) is 18.9 Å². The molecule has 1 N–H and O–H groups in total. The van der Waals surface area contributed by atoms with E-state index in [1.54, 1.807) is 12.1 Å². The zero-order valence-electron chi connectivity index (χ0n) is 10.7. The molecule has 1 aliphatic heterocycles. The average molecular weight is 267 g/mol. The van der Waals surface area contributed by atoms with E-state index in [0.717, 1.165) is 25.2 Å². The zero-order chi connectivity index (χ0) is 13.7. The Kier molecular flexibility index (Phi) is 4.87. The van der Waals surface area contributed by atoms with Crippen LogP contribution in [0.3, 0.4) is 0 Å². The molecule has 1 fully saturated rings. The fourth-order valence-electron chi connectivity index (χ4n) is 2.24. The summed E-state index contributed by atoms with van der Waals surface area (Å²) in [5, 5.41) is 8.62. The van der Waals surface area contributed by atoms with E-state index >= 15 is 0 Å². The summed E-state index contributed by atoms with van der Waals surface area (Å²) in [6, 6.07) is 6.34. The molecular formula is C14H18FNO3. The fraction of sp³-hybridized carbons (Fsp3) is 0.500. The molecule has 1 aliphatic rings. The normalized spacial score (nSPS) is 20.4. The first-order chi connectivity index (χ1) is 9.15. The summed E-state index contributed by atoms with van der Waals surface area (Å²) >= 11 is 0. The van der Waals surface area contributed by atoms with E-state index in [1.807, 2.05) is 0 Å². The fourth-order valence-corrected chi connectivity index (χ4v) is 2.24. The predicted octanol–water partition coefficient (Wildman–Crippen LogP) is 2.06. The standard InChI is InChI=1S/C14H18FNO3/c15-12-5-3-11(4-6-12)13-10-16(8-9-19-13)7-1-2-14(17)18/h3-6,13H,1-2,7-10H2,(H,17,18)/t13-/m0/s1. The number of carboxylic acid groups (broad SMARTS) is 1. The van der Waals surface area contributed by atoms with Crippen LogP contribution in [0.4, 0.5) is 4.39 Å². The molecule has 1 heterocycles. The van der Waals surface area contributed by atoms with Crippen LogP contribution in [0.25, 0.3) is 0 Å². The second-order valence-corrected chi connectivity index (χ2v) is 4.71. The minimum Gasteiger partial charge on any atom is -0.481 e. The maximum Gasteiger partial charge on any atom is 0.303 e. The number of morpholine rings is 1. The number of nitrogens with zero attached hydrogens (tertiary/aromatic N) is 1. The molecule has 0 unspecified atom stereocenters. The van der Waals surface area contributed by atoms with Crippen LogP contribution in [-0.4, -0.2) is 42.2 Å². The van der Waals surface area contributed by atoms with Crippen LogP contribution in [0.5, 0.6) is 0 Å². The number of carboxylic acids is 1. The Morgan fingerprint density at radius 1 is 1.42 bits per heavy atom. The van der Waals surface area contributed by atoms with Gasteiger partial charge in [-0.25, -0.2) is 4.39 Å². The Labute approximate surface area is 111 Å². The highest BCUT2D eigenvalue weighted by atomic mass is 19.1. The van der Waals surface area contributed by atoms with Gasteiger partial charge in [-0.15, -0.1) is 0 Å². The molecule has 19 heavy (non-hydrogen) atoms. The smallest absolute Gasteiger partial charge is 0.303 e. The Morgan fingerprint density at radius 3 is 2.84 bits per heavy atom. The maximum absolute atomic E-state index is 12.9. The molecule has 1 aromatic rings. The topological polar surface area (TPSA) is 49.8 Å². The Hall–Kier alpha value is -1.46. The van der Waals surface area contributed by atoms with Crippen molar-refractivity contribution in [1.29, 1.82) is 0 Å². The average Bonchev–Trinajstić information content (AvgIpc) is 2.39. The van der Waals surface area contributed by atoms with Crippen LogP contribution in [0.1, 0.15) is 24.5 Å². The summed E-state index contributed by atoms with van der Waals surface area (Å²) in [6.45, 7) is 2.92. The van der Waals surface area contributed by atoms with Crippen molar-refractivity contribution >= 4 is 5.97 Å². The number of rotatable bonds is 5. The lowest BCUT2D eigenvalue weighted by Crippen LogP contribution is -2.39. The van der Waals surface area contributed by atoms with Crippen molar-refractivity contribution in [3.05, 3.63) is 35.6 Å². The van der Waals surface area contributed by atoms with Gasteiger partial charge >= 0.3 is 5.97 Å². The highest BCUT2D eigenvalue weighted by Gasteiger charge is 2.21. The van der Waals surface area contributed by atoms with Gasteiger partial charge in [-0.3, -0.25) is 9.69 Å². The molecule has 0 spiro atoms. The monoisotopic (exact) mass is 267 g/mol. The van der Waals surface area contributed by atoms with Crippen molar-refractivity contribution in [2.75, 3.05) is 26.2 Å². The first kappa shape index (κ1) is 14.0. The molecule has 2 rings (SSSR count). The third-order valence-electron chi connectivity index (χ3n) is 3.26. The summed E-state index contributed by atoms with van der Waals surface area (Å²) in [5.74, 6) is -1.01. The molecule has 0 aromatic heterocycles. The van der Waals surface area contributed by atoms with Gasteiger partial charge in [0.05, 0.1) is 12.7 Å². The molecule has 1 saturated heterocycles. The van der Waals surface area contributed by atoms with Gasteiger partial charge in [0.15, 0.2) is 0 Å². The quantitative estimate of drug-likeness (QED) is 0.887. The van der Waals surface area contributed by atoms with E-state index in [4.69, 9.17) is 9.84 Å². The second kappa shape index (κ2) is 6.63. The van der Waals surface area contributed by atoms with Crippen LogP contribution in [0, 0.1) is 5.82 Å². The summed E-state index contributed by atoms with van der Waals surface area (Å²) in [6.07, 6.45) is 0.781. The zero-order valence-corrected chi connectivity index (χ0v) is 10.7. The van der Waals surface area contributed by atoms with Crippen molar-refractivity contribution in [2.24, 2.45) is 0 Å². The number of hydrogen-bond donors (Lipinski definition) is 1. The first-order valence-corrected chi connectivity index (χ1v) is 6.46. The van der Waals surface area contributed by atoms with Gasteiger partial charge in [-0.05, 0) is 30.7 Å². The van der Waals surface area contributed by atoms with Gasteiger partial charge in [0.1, 0.15) is 5.82 Å². The molecule has 5 heteroatoms. The van der Waals surface area contributed by atoms with Crippen molar-refractivity contribution < 1.29 is 19.0 Å². The molecule has 0 aliphatic carbocycles. The molecule has 0 radical (unpaired) electrons. The van der Waals surface area contributed by atoms with Gasteiger partial charge in [-0.2, -0.15) is 0 Å². The Bertz CT molecular complexity index is 421. The lowest BCUT2D eigenvalue weighted by molar-refractivity contribution is -0.137. The van der Waals surface area contributed by atoms with Gasteiger partial charge in [0.2, 0.25) is 0 Å². The van der Waals surface area contributed by atoms with Gasteiger partial charge in [-0.1, -0.05) is 12.1 Å². The van der Waals surface area contributed by atoms with Crippen molar-refractivity contribution in [3.63, 3.8) is 0 Å². The minimum absolute atomic E-state index is 0.0563. The number of benzene rings is 1. The van der Waals surface area contributed by atoms with Crippen LogP contribution in [0.15, 0.2) is 24.3 Å². The predicted molar refractivity (Wildman–Crippen MR) is 68.4 cm³/mol. The molecule has 0 amide bonds. The molecular weight excluding hydrogens is 249 g/mol. The molecule has 1 aromatic carbocycles. The van der Waals surface area contributed by atoms with Gasteiger partial charge < -0.3 is 9.84 Å². The lowest BCUT2D eigenvalue weighted by Gasteiger charge is -2.33. The minimum atomic E-state index is -0.761. The summed E-state index contributed by atoms with van der Waals surface area (Å²) < 4.78 is 18.5. The molecule has 104 valence electrons. The van der Waals surface area contributed by atoms with Gasteiger partial charge in [0, 0.05) is 19.5 Å². The van der Waals surface area contributed by atoms with Gasteiger partial charge in [0.25, 0.3) is 0 Å². The Morgan fingerprint density at radius 2 is 2.16 bits per heavy atom. The number of ether oxygens (including phenoxy) is 1. The second-order valence-electron chi connectivity index (χ2n) is 4.71. The third-order valence-corrected chi connectivity index (χ3v) is 3.26. The van der Waals surface area contributed by atoms with Crippen LogP contribution in [0.2, 0.25) is 0 Å². The lowest BCUT2D eigenvalue weighted by atomic mass is 10.1. The van der Waals surface area contributed by atoms with Crippen molar-refractivity contribution in [3.8, 4) is 0 Å². The highest BCUT2D eigenvalue weighted by molar-refractivity contribution is 5.66. The van der Waals surface area contributed by atoms with Crippen LogP contribution < -0.4 is 0 Å². The number of aliphatic carboxylic acids is 1. The number of carbonyl (C=O) groups is 1. The van der Waals surface area contributed by atoms with Crippen molar-refractivity contribution in [1.82, 2.24) is 4.90 Å². The van der Waals surface area contributed by atoms with E-state index in [0.29, 0.717) is 13.0 Å². The summed E-state index contributed by atoms with van der Waals surface area (Å²) in [5.41, 5.74) is 0.962. The summed E-state index contributed by atoms with van der Waals surface area (Å²) in [4.78, 5) is 12.7. The van der Waals surface area contributed by atoms with E-state index in [-0.39, 0.29) is 18.3 Å². The number of halogens is 1. The molecule has 1 atom stereocenters. The SMILES string of the molecule is O=C(O)CCCN1CCO[C@H](c2ccc(F)cc2)C1. The largest absolute Gasteiger partial charge is 0.481 e. The number of hydrogen-bond acceptors (Lipinski definition) is 3. The maximum atomic E-state index is 12.9. The van der Waals surface area contributed by atoms with E-state index in [2.05, 4.69) is 4.90 Å². The first-order valence-electron chi connectivity index (χ1n) is 6.46. The van der Waals surface area contributed by atoms with Crippen LogP contribution in [-0.2, 0) is 9.53 Å². The molecule has 4 nitrogen and oxygen atoms in total.